The predicted molar refractivity (Wildman–Crippen MR) is 72.4 cm³/mol. The highest BCUT2D eigenvalue weighted by Crippen LogP contribution is 2.22. The Morgan fingerprint density at radius 2 is 2.17 bits per heavy atom. The molecule has 0 saturated heterocycles. The molecule has 1 amide bonds. The van der Waals surface area contributed by atoms with Crippen molar-refractivity contribution in [2.75, 3.05) is 11.1 Å². The number of carbonyl (C=O) groups is 1. The number of nitrogens with two attached hydrogens (primary N) is 1. The molecule has 0 unspecified atom stereocenters. The van der Waals surface area contributed by atoms with Crippen LogP contribution < -0.4 is 11.1 Å². The molecule has 18 heavy (non-hydrogen) atoms. The summed E-state index contributed by atoms with van der Waals surface area (Å²) in [6, 6.07) is 7.94. The summed E-state index contributed by atoms with van der Waals surface area (Å²) in [6.45, 7) is 0. The number of amides is 1. The molecular weight excluding hydrogens is 298 g/mol. The minimum absolute atomic E-state index is 0.0958. The van der Waals surface area contributed by atoms with Crippen LogP contribution in [0, 0.1) is 0 Å². The molecule has 1 heterocycles. The van der Waals surface area contributed by atoms with Gasteiger partial charge in [0.15, 0.2) is 11.6 Å². The predicted octanol–water partition coefficient (Wildman–Crippen LogP) is 2.38. The van der Waals surface area contributed by atoms with Crippen molar-refractivity contribution < 1.29 is 9.90 Å². The number of aromatic nitrogens is 1. The molecule has 0 aliphatic rings. The second kappa shape index (κ2) is 5.05. The topological polar surface area (TPSA) is 88.2 Å². The van der Waals surface area contributed by atoms with Crippen molar-refractivity contribution in [2.24, 2.45) is 0 Å². The highest BCUT2D eigenvalue weighted by atomic mass is 79.9. The van der Waals surface area contributed by atoms with E-state index in [0.29, 0.717) is 11.3 Å². The lowest BCUT2D eigenvalue weighted by atomic mass is 10.1. The summed E-state index contributed by atoms with van der Waals surface area (Å²) in [7, 11) is 0. The molecule has 0 aliphatic carbocycles. The maximum absolute atomic E-state index is 11.9. The van der Waals surface area contributed by atoms with E-state index in [4.69, 9.17) is 5.73 Å². The van der Waals surface area contributed by atoms with Crippen molar-refractivity contribution in [1.29, 1.82) is 0 Å². The number of carbonyl (C=O) groups excluding carboxylic acids is 1. The highest BCUT2D eigenvalue weighted by molar-refractivity contribution is 9.10. The summed E-state index contributed by atoms with van der Waals surface area (Å²) >= 11 is 3.26. The molecule has 0 fully saturated rings. The van der Waals surface area contributed by atoms with Gasteiger partial charge in [-0.25, -0.2) is 4.98 Å². The van der Waals surface area contributed by atoms with Crippen molar-refractivity contribution in [1.82, 2.24) is 4.98 Å². The Hall–Kier alpha value is -2.08. The van der Waals surface area contributed by atoms with E-state index in [-0.39, 0.29) is 11.6 Å². The van der Waals surface area contributed by atoms with E-state index in [1.165, 1.54) is 12.3 Å². The van der Waals surface area contributed by atoms with Gasteiger partial charge in [-0.05, 0) is 30.3 Å². The van der Waals surface area contributed by atoms with Gasteiger partial charge in [0, 0.05) is 16.4 Å². The normalized spacial score (nSPS) is 10.1. The van der Waals surface area contributed by atoms with Crippen LogP contribution in [0.1, 0.15) is 10.4 Å². The molecule has 1 aromatic heterocycles. The molecule has 0 atom stereocenters. The number of benzene rings is 1. The average Bonchev–Trinajstić information content (AvgIpc) is 2.32. The van der Waals surface area contributed by atoms with Crippen LogP contribution in [0.3, 0.4) is 0 Å². The Morgan fingerprint density at radius 3 is 2.83 bits per heavy atom. The Labute approximate surface area is 112 Å². The first-order valence-electron chi connectivity index (χ1n) is 5.08. The van der Waals surface area contributed by atoms with E-state index in [0.717, 1.165) is 4.47 Å². The summed E-state index contributed by atoms with van der Waals surface area (Å²) in [5.74, 6) is -0.416. The van der Waals surface area contributed by atoms with Gasteiger partial charge in [0.25, 0.3) is 5.91 Å². The third-order valence-electron chi connectivity index (χ3n) is 2.28. The molecule has 2 rings (SSSR count). The number of nitrogens with one attached hydrogen (secondary N) is 1. The van der Waals surface area contributed by atoms with Crippen LogP contribution >= 0.6 is 15.9 Å². The first-order chi connectivity index (χ1) is 8.58. The fourth-order valence-electron chi connectivity index (χ4n) is 1.41. The van der Waals surface area contributed by atoms with Crippen molar-refractivity contribution in [3.8, 4) is 5.75 Å². The van der Waals surface area contributed by atoms with E-state index >= 15 is 0 Å². The van der Waals surface area contributed by atoms with E-state index in [1.807, 2.05) is 0 Å². The summed E-state index contributed by atoms with van der Waals surface area (Å²) in [5, 5.41) is 12.0. The smallest absolute Gasteiger partial charge is 0.259 e. The SMILES string of the molecule is Nc1cc(Br)ccc1C(=O)Nc1ncccc1O. The molecule has 0 radical (unpaired) electrons. The minimum Gasteiger partial charge on any atom is -0.504 e. The molecule has 1 aromatic carbocycles. The number of pyridine rings is 1. The van der Waals surface area contributed by atoms with Crippen molar-refractivity contribution in [3.63, 3.8) is 0 Å². The Bertz CT molecular complexity index is 602. The first-order valence-corrected chi connectivity index (χ1v) is 5.87. The van der Waals surface area contributed by atoms with E-state index < -0.39 is 5.91 Å². The number of nitrogen functional groups attached to an aromatic ring is 1. The number of hydrogen-bond acceptors (Lipinski definition) is 4. The van der Waals surface area contributed by atoms with Crippen LogP contribution in [0.4, 0.5) is 11.5 Å². The highest BCUT2D eigenvalue weighted by Gasteiger charge is 2.12. The summed E-state index contributed by atoms with van der Waals surface area (Å²) in [4.78, 5) is 15.8. The van der Waals surface area contributed by atoms with Gasteiger partial charge in [-0.2, -0.15) is 0 Å². The molecule has 0 aliphatic heterocycles. The van der Waals surface area contributed by atoms with E-state index in [1.54, 1.807) is 24.3 Å². The zero-order valence-corrected chi connectivity index (χ0v) is 10.8. The van der Waals surface area contributed by atoms with Crippen LogP contribution in [-0.4, -0.2) is 16.0 Å². The molecule has 4 N–H and O–H groups in total. The lowest BCUT2D eigenvalue weighted by Crippen LogP contribution is -2.14. The molecule has 0 saturated carbocycles. The lowest BCUT2D eigenvalue weighted by molar-refractivity contribution is 0.102. The molecule has 5 nitrogen and oxygen atoms in total. The van der Waals surface area contributed by atoms with E-state index in [9.17, 15) is 9.90 Å². The summed E-state index contributed by atoms with van der Waals surface area (Å²) in [6.07, 6.45) is 1.47. The number of nitrogens with zero attached hydrogens (tertiary/aromatic N) is 1. The van der Waals surface area contributed by atoms with Crippen LogP contribution in [0.15, 0.2) is 41.0 Å². The minimum atomic E-state index is -0.422. The van der Waals surface area contributed by atoms with Crippen LogP contribution in [0.2, 0.25) is 0 Å². The van der Waals surface area contributed by atoms with Gasteiger partial charge in [0.1, 0.15) is 0 Å². The fourth-order valence-corrected chi connectivity index (χ4v) is 1.79. The molecule has 2 aromatic rings. The van der Waals surface area contributed by atoms with Crippen LogP contribution in [-0.2, 0) is 0 Å². The van der Waals surface area contributed by atoms with Gasteiger partial charge < -0.3 is 16.2 Å². The Kier molecular flexibility index (Phi) is 3.47. The Morgan fingerprint density at radius 1 is 1.39 bits per heavy atom. The molecular formula is C12H10BrN3O2. The first kappa shape index (κ1) is 12.4. The largest absolute Gasteiger partial charge is 0.504 e. The van der Waals surface area contributed by atoms with Gasteiger partial charge in [-0.1, -0.05) is 15.9 Å². The van der Waals surface area contributed by atoms with Gasteiger partial charge in [-0.15, -0.1) is 0 Å². The van der Waals surface area contributed by atoms with E-state index in [2.05, 4.69) is 26.2 Å². The number of halogens is 1. The van der Waals surface area contributed by atoms with Crippen molar-refractivity contribution in [2.45, 2.75) is 0 Å². The monoisotopic (exact) mass is 307 g/mol. The maximum atomic E-state index is 11.9. The molecule has 92 valence electrons. The number of hydrogen-bond donors (Lipinski definition) is 3. The van der Waals surface area contributed by atoms with Gasteiger partial charge in [0.2, 0.25) is 0 Å². The van der Waals surface area contributed by atoms with Gasteiger partial charge >= 0.3 is 0 Å². The number of rotatable bonds is 2. The summed E-state index contributed by atoms with van der Waals surface area (Å²) in [5.41, 5.74) is 6.41. The van der Waals surface area contributed by atoms with Crippen molar-refractivity contribution >= 4 is 33.3 Å². The van der Waals surface area contributed by atoms with Crippen LogP contribution in [0.5, 0.6) is 5.75 Å². The maximum Gasteiger partial charge on any atom is 0.259 e. The lowest BCUT2D eigenvalue weighted by Gasteiger charge is -2.08. The summed E-state index contributed by atoms with van der Waals surface area (Å²) < 4.78 is 0.789. The number of anilines is 2. The zero-order chi connectivity index (χ0) is 13.1. The number of aromatic hydroxyl groups is 1. The Balaban J connectivity index is 2.25. The molecule has 6 heteroatoms. The second-order valence-electron chi connectivity index (χ2n) is 3.56. The third-order valence-corrected chi connectivity index (χ3v) is 2.77. The third kappa shape index (κ3) is 2.60. The standard InChI is InChI=1S/C12H10BrN3O2/c13-7-3-4-8(9(14)6-7)12(18)16-11-10(17)2-1-5-15-11/h1-6,17H,14H2,(H,15,16,18). The van der Waals surface area contributed by atoms with Gasteiger partial charge in [0.05, 0.1) is 5.56 Å². The van der Waals surface area contributed by atoms with Crippen LogP contribution in [0.25, 0.3) is 0 Å². The quantitative estimate of drug-likeness (QED) is 0.743. The zero-order valence-electron chi connectivity index (χ0n) is 9.22. The molecule has 0 bridgehead atoms. The second-order valence-corrected chi connectivity index (χ2v) is 4.47. The average molecular weight is 308 g/mol. The van der Waals surface area contributed by atoms with Crippen molar-refractivity contribution in [3.05, 3.63) is 46.6 Å². The van der Waals surface area contributed by atoms with Gasteiger partial charge in [-0.3, -0.25) is 4.79 Å². The molecule has 0 spiro atoms. The fraction of sp³-hybridized carbons (Fsp3) is 0.